The molecule has 0 spiro atoms. The fourth-order valence-corrected chi connectivity index (χ4v) is 5.30. The smallest absolute Gasteiger partial charge is 0.252 e. The molecule has 0 aliphatic rings. The quantitative estimate of drug-likeness (QED) is 0.768. The lowest BCUT2D eigenvalue weighted by Crippen LogP contribution is -2.35. The predicted octanol–water partition coefficient (Wildman–Crippen LogP) is 1.25. The summed E-state index contributed by atoms with van der Waals surface area (Å²) in [5.74, 6) is 0. The summed E-state index contributed by atoms with van der Waals surface area (Å²) in [6, 6.07) is 1.49. The molecule has 0 amide bonds. The number of aliphatic hydroxyl groups is 2. The van der Waals surface area contributed by atoms with Crippen molar-refractivity contribution in [2.24, 2.45) is 0 Å². The molecule has 0 aliphatic carbocycles. The maximum Gasteiger partial charge on any atom is 0.252 e. The molecule has 0 fully saturated rings. The average Bonchev–Trinajstić information content (AvgIpc) is 2.59. The van der Waals surface area contributed by atoms with Crippen molar-refractivity contribution in [3.63, 3.8) is 0 Å². The monoisotopic (exact) mass is 407 g/mol. The third kappa shape index (κ3) is 3.72. The van der Waals surface area contributed by atoms with Crippen molar-refractivity contribution >= 4 is 53.2 Å². The van der Waals surface area contributed by atoms with Gasteiger partial charge in [0.2, 0.25) is 0 Å². The number of halogens is 2. The molecular formula is C8H11Br2NO4S2. The fourth-order valence-electron chi connectivity index (χ4n) is 1.06. The molecule has 0 radical (unpaired) electrons. The Morgan fingerprint density at radius 2 is 2.12 bits per heavy atom. The summed E-state index contributed by atoms with van der Waals surface area (Å²) in [7, 11) is -2.27. The van der Waals surface area contributed by atoms with Crippen LogP contribution in [-0.2, 0) is 10.0 Å². The second-order valence-corrected chi connectivity index (χ2v) is 8.81. The minimum absolute atomic E-state index is 0.147. The van der Waals surface area contributed by atoms with E-state index in [0.29, 0.717) is 8.26 Å². The van der Waals surface area contributed by atoms with Gasteiger partial charge in [0.05, 0.1) is 16.5 Å². The number of rotatable bonds is 5. The highest BCUT2D eigenvalue weighted by Gasteiger charge is 2.25. The van der Waals surface area contributed by atoms with Crippen molar-refractivity contribution in [1.29, 1.82) is 0 Å². The SMILES string of the molecule is CN(CC(O)CO)S(=O)(=O)c1cc(Br)c(Br)s1. The molecule has 1 rings (SSSR count). The second-order valence-electron chi connectivity index (χ2n) is 3.31. The van der Waals surface area contributed by atoms with Gasteiger partial charge in [-0.25, -0.2) is 8.42 Å². The first-order valence-electron chi connectivity index (χ1n) is 4.49. The van der Waals surface area contributed by atoms with Crippen LogP contribution in [0.1, 0.15) is 0 Å². The van der Waals surface area contributed by atoms with E-state index in [9.17, 15) is 13.5 Å². The van der Waals surface area contributed by atoms with Gasteiger partial charge in [0.25, 0.3) is 10.0 Å². The van der Waals surface area contributed by atoms with Crippen LogP contribution in [0.2, 0.25) is 0 Å². The van der Waals surface area contributed by atoms with Crippen LogP contribution in [0.4, 0.5) is 0 Å². The highest BCUT2D eigenvalue weighted by Crippen LogP contribution is 2.35. The van der Waals surface area contributed by atoms with E-state index in [0.717, 1.165) is 15.6 Å². The van der Waals surface area contributed by atoms with Gasteiger partial charge in [0, 0.05) is 18.1 Å². The van der Waals surface area contributed by atoms with Crippen LogP contribution in [0.3, 0.4) is 0 Å². The summed E-state index contributed by atoms with van der Waals surface area (Å²) in [5, 5.41) is 17.9. The molecule has 1 unspecified atom stereocenters. The maximum atomic E-state index is 12.1. The lowest BCUT2D eigenvalue weighted by Gasteiger charge is -2.18. The Morgan fingerprint density at radius 3 is 2.53 bits per heavy atom. The third-order valence-electron chi connectivity index (χ3n) is 1.97. The van der Waals surface area contributed by atoms with Crippen LogP contribution in [0.25, 0.3) is 0 Å². The van der Waals surface area contributed by atoms with Crippen molar-refractivity contribution in [2.45, 2.75) is 10.3 Å². The van der Waals surface area contributed by atoms with Gasteiger partial charge in [-0.1, -0.05) is 0 Å². The van der Waals surface area contributed by atoms with E-state index >= 15 is 0 Å². The topological polar surface area (TPSA) is 77.8 Å². The number of thiophene rings is 1. The zero-order valence-electron chi connectivity index (χ0n) is 8.80. The van der Waals surface area contributed by atoms with E-state index < -0.39 is 22.7 Å². The number of likely N-dealkylation sites (N-methyl/N-ethyl adjacent to an activating group) is 1. The molecule has 1 heterocycles. The molecule has 5 nitrogen and oxygen atoms in total. The number of aliphatic hydroxyl groups excluding tert-OH is 2. The molecule has 98 valence electrons. The summed E-state index contributed by atoms with van der Waals surface area (Å²) in [6.07, 6.45) is -1.08. The zero-order chi connectivity index (χ0) is 13.2. The van der Waals surface area contributed by atoms with E-state index in [2.05, 4.69) is 31.9 Å². The molecule has 2 N–H and O–H groups in total. The summed E-state index contributed by atoms with van der Waals surface area (Å²) < 4.78 is 26.6. The van der Waals surface area contributed by atoms with E-state index in [1.54, 1.807) is 0 Å². The molecule has 0 aliphatic heterocycles. The zero-order valence-corrected chi connectivity index (χ0v) is 13.6. The maximum absolute atomic E-state index is 12.1. The van der Waals surface area contributed by atoms with Crippen LogP contribution in [-0.4, -0.2) is 49.2 Å². The number of sulfonamides is 1. The Labute approximate surface area is 120 Å². The van der Waals surface area contributed by atoms with Gasteiger partial charge in [0.15, 0.2) is 0 Å². The first kappa shape index (κ1) is 15.5. The van der Waals surface area contributed by atoms with E-state index in [-0.39, 0.29) is 10.8 Å². The second kappa shape index (κ2) is 6.09. The van der Waals surface area contributed by atoms with Crippen LogP contribution < -0.4 is 0 Å². The standard InChI is InChI=1S/C8H11Br2NO4S2/c1-11(3-5(13)4-12)17(14,15)7-2-6(9)8(10)16-7/h2,5,12-13H,3-4H2,1H3. The minimum Gasteiger partial charge on any atom is -0.394 e. The molecule has 0 saturated heterocycles. The van der Waals surface area contributed by atoms with Crippen molar-refractivity contribution in [1.82, 2.24) is 4.31 Å². The molecule has 1 atom stereocenters. The molecule has 1 aromatic rings. The Bertz CT molecular complexity index is 468. The average molecular weight is 409 g/mol. The van der Waals surface area contributed by atoms with E-state index in [4.69, 9.17) is 5.11 Å². The summed E-state index contributed by atoms with van der Waals surface area (Å²) in [4.78, 5) is 0. The predicted molar refractivity (Wildman–Crippen MR) is 72.6 cm³/mol. The van der Waals surface area contributed by atoms with E-state index in [1.165, 1.54) is 13.1 Å². The lowest BCUT2D eigenvalue weighted by atomic mass is 10.4. The van der Waals surface area contributed by atoms with Crippen LogP contribution in [0, 0.1) is 0 Å². The van der Waals surface area contributed by atoms with Crippen LogP contribution in [0.15, 0.2) is 18.5 Å². The van der Waals surface area contributed by atoms with Gasteiger partial charge < -0.3 is 10.2 Å². The van der Waals surface area contributed by atoms with Crippen molar-refractivity contribution in [2.75, 3.05) is 20.2 Å². The fraction of sp³-hybridized carbons (Fsp3) is 0.500. The summed E-state index contributed by atoms with van der Waals surface area (Å²) in [5.41, 5.74) is 0. The third-order valence-corrected chi connectivity index (χ3v) is 7.49. The summed E-state index contributed by atoms with van der Waals surface area (Å²) in [6.45, 7) is -0.621. The number of nitrogens with zero attached hydrogens (tertiary/aromatic N) is 1. The largest absolute Gasteiger partial charge is 0.394 e. The highest BCUT2D eigenvalue weighted by molar-refractivity contribution is 9.13. The van der Waals surface area contributed by atoms with Crippen LogP contribution >= 0.6 is 43.2 Å². The van der Waals surface area contributed by atoms with Crippen LogP contribution in [0.5, 0.6) is 0 Å². The number of hydrogen-bond donors (Lipinski definition) is 2. The van der Waals surface area contributed by atoms with Crippen molar-refractivity contribution in [3.8, 4) is 0 Å². The molecule has 0 saturated carbocycles. The van der Waals surface area contributed by atoms with Gasteiger partial charge >= 0.3 is 0 Å². The molecule has 1 aromatic heterocycles. The van der Waals surface area contributed by atoms with Gasteiger partial charge in [-0.15, -0.1) is 11.3 Å². The van der Waals surface area contributed by atoms with Gasteiger partial charge in [-0.05, 0) is 37.9 Å². The number of hydrogen-bond acceptors (Lipinski definition) is 5. The van der Waals surface area contributed by atoms with Crippen molar-refractivity contribution < 1.29 is 18.6 Å². The molecular weight excluding hydrogens is 398 g/mol. The van der Waals surface area contributed by atoms with Gasteiger partial charge in [-0.2, -0.15) is 4.31 Å². The van der Waals surface area contributed by atoms with Gasteiger partial charge in [-0.3, -0.25) is 0 Å². The highest BCUT2D eigenvalue weighted by atomic mass is 79.9. The lowest BCUT2D eigenvalue weighted by molar-refractivity contribution is 0.0826. The summed E-state index contributed by atoms with van der Waals surface area (Å²) >= 11 is 7.52. The Hall–Kier alpha value is 0.490. The minimum atomic E-state index is -3.63. The van der Waals surface area contributed by atoms with E-state index in [1.807, 2.05) is 0 Å². The molecule has 0 aromatic carbocycles. The molecule has 17 heavy (non-hydrogen) atoms. The Kier molecular flexibility index (Phi) is 5.57. The first-order chi connectivity index (χ1) is 7.78. The molecule has 0 bridgehead atoms. The Morgan fingerprint density at radius 1 is 1.53 bits per heavy atom. The first-order valence-corrected chi connectivity index (χ1v) is 8.33. The van der Waals surface area contributed by atoms with Crippen molar-refractivity contribution in [3.05, 3.63) is 14.3 Å². The van der Waals surface area contributed by atoms with Gasteiger partial charge in [0.1, 0.15) is 4.21 Å². The Balaban J connectivity index is 2.95. The molecule has 9 heteroatoms. The normalized spacial score (nSPS) is 14.2.